The summed E-state index contributed by atoms with van der Waals surface area (Å²) in [6.07, 6.45) is 3.38. The number of carbonyl (C=O) groups excluding carboxylic acids is 10. The summed E-state index contributed by atoms with van der Waals surface area (Å²) in [6, 6.07) is 15.3. The third kappa shape index (κ3) is 27.0. The Kier molecular flexibility index (Phi) is 32.8. The summed E-state index contributed by atoms with van der Waals surface area (Å²) in [5, 5.41) is 106. The van der Waals surface area contributed by atoms with Crippen LogP contribution in [-0.4, -0.2) is 197 Å². The number of nitrogen functional groups attached to an aromatic ring is 1. The van der Waals surface area contributed by atoms with Crippen LogP contribution in [0.3, 0.4) is 0 Å². The highest BCUT2D eigenvalue weighted by Gasteiger charge is 2.54. The molecule has 51 nitrogen and oxygen atoms in total. The number of ether oxygens (including phenoxy) is 2. The SMILES string of the molecule is CC(C)(O/N=C(\C(=O)C[C@@H]1C(=O)N(S(=O)(=O)O)[C@@H]1CNC(=O)NCc1cc(-c2cc(=O)c(O)cn2O)no1)c1csc(N)n1)C(=O)O.Cc1cc(-c2cc(CN)on2)[n+]([O-])cc1C.Cc1cc(-c2cc(CN3C(=O)c4ccccc4C3=O)on2)[n+]([O-])cc1C.Cc1cc(-c2cc(CNC(=O)NC[C@H]3NC(=O)[C@H]3CC(=O)/C(=N\OC(C)(C)C(=O)OC(C)(C)C)c3csc(NC(=O)OC(C)(C)C)n3)on2)[n+]([O-])cc1C. The number of fused-ring (bicyclic) bond motifs is 1. The molecule has 11 aromatic rings. The Bertz CT molecular complexity index is 6960. The number of esters is 1. The molecule has 2 fully saturated rings. The highest BCUT2D eigenvalue weighted by Crippen LogP contribution is 2.35. The van der Waals surface area contributed by atoms with Gasteiger partial charge in [-0.05, 0) is 140 Å². The minimum absolute atomic E-state index is 0.0167. The summed E-state index contributed by atoms with van der Waals surface area (Å²) < 4.78 is 67.3. The number of carboxylic acid groups (broad SMARTS) is 1. The molecule has 0 saturated carbocycles. The number of carboxylic acids is 1. The number of aromatic hydroxyl groups is 1. The first-order valence-electron chi connectivity index (χ1n) is 43.1. The van der Waals surface area contributed by atoms with Gasteiger partial charge in [0.2, 0.25) is 45.5 Å². The van der Waals surface area contributed by atoms with Gasteiger partial charge < -0.3 is 106 Å². The number of hydrogen-bond donors (Lipinski definition) is 12. The number of nitrogens with two attached hydrogens (primary N) is 2. The Morgan fingerprint density at radius 1 is 0.587 bits per heavy atom. The van der Waals surface area contributed by atoms with Crippen molar-refractivity contribution in [3.8, 4) is 51.3 Å². The molecule has 0 unspecified atom stereocenters. The van der Waals surface area contributed by atoms with E-state index < -0.39 is 140 Å². The maximum atomic E-state index is 13.7. The molecular formula is C89H100N22O29S3. The number of rotatable bonds is 31. The first-order valence-corrected chi connectivity index (χ1v) is 46.3. The molecule has 54 heteroatoms. The second-order valence-electron chi connectivity index (χ2n) is 35.5. The van der Waals surface area contributed by atoms with E-state index in [0.717, 1.165) is 96.5 Å². The number of nitrogens with one attached hydrogen (secondary N) is 6. The zero-order valence-corrected chi connectivity index (χ0v) is 81.9. The van der Waals surface area contributed by atoms with Crippen LogP contribution >= 0.6 is 22.7 Å². The normalized spacial score (nSPS) is 15.2. The number of pyridine rings is 4. The highest BCUT2D eigenvalue weighted by molar-refractivity contribution is 7.84. The van der Waals surface area contributed by atoms with Crippen LogP contribution in [0.15, 0.2) is 142 Å². The van der Waals surface area contributed by atoms with Gasteiger partial charge in [-0.1, -0.05) is 43.1 Å². The number of aryl methyl sites for hydroxylation is 6. The Balaban J connectivity index is 0.000000197. The number of oxime groups is 2. The lowest BCUT2D eigenvalue weighted by atomic mass is 9.84. The third-order valence-electron chi connectivity index (χ3n) is 21.4. The third-order valence-corrected chi connectivity index (χ3v) is 23.7. The molecule has 0 spiro atoms. The molecule has 10 aromatic heterocycles. The Labute approximate surface area is 820 Å². The average molecular weight is 2040 g/mol. The second-order valence-corrected chi connectivity index (χ2v) is 38.5. The van der Waals surface area contributed by atoms with E-state index in [1.165, 1.54) is 49.3 Å². The van der Waals surface area contributed by atoms with Crippen molar-refractivity contribution in [2.24, 2.45) is 27.9 Å². The van der Waals surface area contributed by atoms with Crippen molar-refractivity contribution < 1.29 is 133 Å². The maximum absolute atomic E-state index is 13.7. The van der Waals surface area contributed by atoms with Gasteiger partial charge in [0, 0.05) is 102 Å². The fourth-order valence-corrected chi connectivity index (χ4v) is 15.4. The number of carbonyl (C=O) groups is 11. The molecule has 758 valence electrons. The van der Waals surface area contributed by atoms with E-state index in [1.807, 2.05) is 41.5 Å². The molecule has 3 aliphatic rings. The molecule has 4 atom stereocenters. The van der Waals surface area contributed by atoms with Crippen molar-refractivity contribution in [2.45, 2.75) is 184 Å². The quantitative estimate of drug-likeness (QED) is 0.00257. The number of amides is 9. The van der Waals surface area contributed by atoms with Gasteiger partial charge in [-0.2, -0.15) is 27.3 Å². The Hall–Kier alpha value is -16.5. The number of hydrogen-bond acceptors (Lipinski definition) is 39. The van der Waals surface area contributed by atoms with Crippen LogP contribution < -0.4 is 63.0 Å². The largest absolute Gasteiger partial charge is 0.618 e. The minimum atomic E-state index is -5.11. The number of aliphatic carboxylic acids is 1. The topological polar surface area (TPSA) is 728 Å². The summed E-state index contributed by atoms with van der Waals surface area (Å²) >= 11 is 1.91. The van der Waals surface area contributed by atoms with Crippen LogP contribution in [0.5, 0.6) is 5.75 Å². The standard InChI is InChI=1S/C35H46N8O10S.C24H26N8O13S2.C19H15N3O4.C11H13N3O2/c1-18-11-25(43(49)16-19(18)2)22-12-20(52-41-22)14-36-30(47)37-15-23-21(28(45)38-23)13-26(44)27(42-53-35(9,10)29(46)50-33(3,4)5)24-17-54-31(39-24)40-32(48)51-34(6,7)8;1-24(2,21(37)38)45-30-19(13-9-46-22(25)28-13)17(34)4-11-15(32(20(11)36)47(41,42)43)7-27-23(39)26-6-10-3-12(29-44-10)14-5-16(33)18(35)8-31(14)40;1-11-7-17(22(25)9-12(11)2)16-8-13(26-20-16)10-21-18(23)14-5-3-4-6-15(14)19(21)24;1-7-3-11(14(15)6-8(7)2)10-4-9(5-12)16-13-10/h11-12,16-17,21,23H,13-15H2,1-10H3,(H,38,45)(H2,36,37,47)(H,39,40,48);3,5,8-9,11,15,35,40H,4,6-7H2,1-2H3,(H2,25,28)(H,37,38)(H2,26,27,39)(H,41,42,43);3-9H,10H2,1-2H3;3-4,6H,5,12H2,1-2H3/b42-27-;30-19-;;/t21-,23+;11-,15+;;/m00../s1. The molecule has 14 N–H and O–H groups in total. The van der Waals surface area contributed by atoms with Crippen LogP contribution in [0, 0.1) is 69.0 Å². The van der Waals surface area contributed by atoms with Crippen molar-refractivity contribution in [1.29, 1.82) is 0 Å². The summed E-state index contributed by atoms with van der Waals surface area (Å²) in [6.45, 7) is 25.9. The highest BCUT2D eigenvalue weighted by atomic mass is 32.2. The Morgan fingerprint density at radius 3 is 1.50 bits per heavy atom. The van der Waals surface area contributed by atoms with Gasteiger partial charge >= 0.3 is 40.4 Å². The molecule has 143 heavy (non-hydrogen) atoms. The molecule has 3 aliphatic heterocycles. The number of imide groups is 1. The zero-order valence-electron chi connectivity index (χ0n) is 79.5. The summed E-state index contributed by atoms with van der Waals surface area (Å²) in [5.74, 6) is -7.76. The minimum Gasteiger partial charge on any atom is -0.618 e. The van der Waals surface area contributed by atoms with Gasteiger partial charge in [-0.15, -0.1) is 22.7 Å². The van der Waals surface area contributed by atoms with Crippen LogP contribution in [-0.2, 0) is 84.4 Å². The smallest absolute Gasteiger partial charge is 0.413 e. The van der Waals surface area contributed by atoms with E-state index in [1.54, 1.807) is 102 Å². The van der Waals surface area contributed by atoms with E-state index in [4.69, 9.17) is 48.7 Å². The number of β-lactam (4-membered cyclic amide) rings is 2. The van der Waals surface area contributed by atoms with Crippen molar-refractivity contribution >= 4 is 120 Å². The van der Waals surface area contributed by atoms with Crippen molar-refractivity contribution in [2.75, 3.05) is 24.1 Å². The number of Topliss-reactive ketones (excluding diaryl/α,β-unsaturated/α-hetero) is 2. The molecule has 9 amide bonds. The second kappa shape index (κ2) is 43.9. The molecule has 13 heterocycles. The fraction of sp³-hybridized carbons (Fsp3) is 0.360. The van der Waals surface area contributed by atoms with Crippen LogP contribution in [0.25, 0.3) is 45.6 Å². The zero-order chi connectivity index (χ0) is 105. The van der Waals surface area contributed by atoms with Gasteiger partial charge in [-0.3, -0.25) is 48.3 Å². The number of urea groups is 2. The van der Waals surface area contributed by atoms with Gasteiger partial charge in [0.1, 0.15) is 34.0 Å². The summed E-state index contributed by atoms with van der Waals surface area (Å²) in [7, 11) is -5.11. The number of benzene rings is 1. The lowest BCUT2D eigenvalue weighted by Crippen LogP contribution is -2.66. The molecule has 1 aromatic carbocycles. The number of anilines is 2. The van der Waals surface area contributed by atoms with Crippen molar-refractivity contribution in [1.82, 2.24) is 71.1 Å². The lowest BCUT2D eigenvalue weighted by molar-refractivity contribution is -0.594. The molecule has 2 saturated heterocycles. The Morgan fingerprint density at radius 2 is 1.03 bits per heavy atom. The number of aromatic nitrogens is 10. The van der Waals surface area contributed by atoms with Crippen LogP contribution in [0.4, 0.5) is 24.6 Å². The van der Waals surface area contributed by atoms with Crippen molar-refractivity contribution in [3.63, 3.8) is 0 Å². The van der Waals surface area contributed by atoms with E-state index in [0.29, 0.717) is 72.0 Å². The lowest BCUT2D eigenvalue weighted by Gasteiger charge is -2.43. The van der Waals surface area contributed by atoms with Gasteiger partial charge in [0.05, 0.1) is 67.4 Å². The van der Waals surface area contributed by atoms with E-state index >= 15 is 0 Å². The predicted octanol–water partition coefficient (Wildman–Crippen LogP) is 6.41. The monoisotopic (exact) mass is 2040 g/mol. The summed E-state index contributed by atoms with van der Waals surface area (Å²) in [4.78, 5) is 170. The van der Waals surface area contributed by atoms with Crippen molar-refractivity contribution in [3.05, 3.63) is 213 Å². The maximum Gasteiger partial charge on any atom is 0.413 e. The molecule has 0 bridgehead atoms. The number of thiazole rings is 2. The van der Waals surface area contributed by atoms with E-state index in [-0.39, 0.29) is 99.8 Å². The first kappa shape index (κ1) is 107. The summed E-state index contributed by atoms with van der Waals surface area (Å²) in [5.41, 5.74) is 12.7. The molecular weight excluding hydrogens is 1940 g/mol. The number of nitrogens with zero attached hydrogens (tertiary/aromatic N) is 14. The van der Waals surface area contributed by atoms with Crippen LogP contribution in [0.2, 0.25) is 0 Å². The van der Waals surface area contributed by atoms with Gasteiger partial charge in [0.25, 0.3) is 11.8 Å². The van der Waals surface area contributed by atoms with E-state index in [2.05, 4.69) is 72.8 Å². The predicted molar refractivity (Wildman–Crippen MR) is 501 cm³/mol. The fourth-order valence-electron chi connectivity index (χ4n) is 13.2. The molecule has 0 radical (unpaired) electrons. The number of ketones is 2. The van der Waals surface area contributed by atoms with Crippen LogP contribution in [0.1, 0.15) is 171 Å². The van der Waals surface area contributed by atoms with E-state index in [9.17, 15) is 102 Å². The average Bonchev–Trinajstić information content (AvgIpc) is 1.46. The van der Waals surface area contributed by atoms with Gasteiger partial charge in [0.15, 0.2) is 97.7 Å². The van der Waals surface area contributed by atoms with Gasteiger partial charge in [-0.25, -0.2) is 38.2 Å². The molecule has 0 aliphatic carbocycles. The molecule has 14 rings (SSSR count). The first-order chi connectivity index (χ1) is 67.0.